The largest absolute Gasteiger partial charge is 0.492 e. The molecule has 0 aromatic heterocycles. The molecule has 1 aliphatic rings. The topological polar surface area (TPSA) is 67.9 Å². The Morgan fingerprint density at radius 2 is 1.88 bits per heavy atom. The molecule has 0 spiro atoms. The second-order valence-corrected chi connectivity index (χ2v) is 7.94. The molecule has 1 heterocycles. The van der Waals surface area contributed by atoms with E-state index in [1.54, 1.807) is 54.3 Å². The molecule has 4 rings (SSSR count). The number of carbonyl (C=O) groups is 2. The summed E-state index contributed by atoms with van der Waals surface area (Å²) < 4.78 is 11.6. The summed E-state index contributed by atoms with van der Waals surface area (Å²) in [5.41, 5.74) is 2.72. The third-order valence-electron chi connectivity index (χ3n) is 5.15. The van der Waals surface area contributed by atoms with E-state index >= 15 is 0 Å². The van der Waals surface area contributed by atoms with Gasteiger partial charge in [0, 0.05) is 11.8 Å². The van der Waals surface area contributed by atoms with E-state index in [1.165, 1.54) is 0 Å². The molecule has 0 saturated carbocycles. The summed E-state index contributed by atoms with van der Waals surface area (Å²) in [7, 11) is 0. The molecule has 32 heavy (non-hydrogen) atoms. The number of anilines is 2. The van der Waals surface area contributed by atoms with Gasteiger partial charge in [0.15, 0.2) is 6.10 Å². The molecule has 0 aliphatic carbocycles. The van der Waals surface area contributed by atoms with Crippen LogP contribution in [0.2, 0.25) is 5.02 Å². The van der Waals surface area contributed by atoms with Gasteiger partial charge in [-0.25, -0.2) is 0 Å². The fourth-order valence-electron chi connectivity index (χ4n) is 3.45. The fourth-order valence-corrected chi connectivity index (χ4v) is 3.67. The molecular formula is C25H23ClN2O4. The Hall–Kier alpha value is -3.51. The summed E-state index contributed by atoms with van der Waals surface area (Å²) in [6, 6.07) is 19.8. The first kappa shape index (κ1) is 21.7. The lowest BCUT2D eigenvalue weighted by molar-refractivity contribution is -0.125. The molecule has 3 aromatic rings. The first-order chi connectivity index (χ1) is 15.4. The number of aryl methyl sites for hydroxylation is 1. The minimum atomic E-state index is -0.642. The van der Waals surface area contributed by atoms with Gasteiger partial charge in [0.2, 0.25) is 0 Å². The SMILES string of the molecule is Cc1ccc(OCCN2C(=O)C(C)Oc3cc(NC(=O)c4ccccc4Cl)ccc32)cc1. The van der Waals surface area contributed by atoms with E-state index in [-0.39, 0.29) is 11.8 Å². The molecule has 0 bridgehead atoms. The molecule has 1 aliphatic heterocycles. The van der Waals surface area contributed by atoms with Crippen molar-refractivity contribution < 1.29 is 19.1 Å². The van der Waals surface area contributed by atoms with Crippen LogP contribution in [0.3, 0.4) is 0 Å². The van der Waals surface area contributed by atoms with Crippen LogP contribution < -0.4 is 19.7 Å². The number of amides is 2. The number of nitrogens with zero attached hydrogens (tertiary/aromatic N) is 1. The monoisotopic (exact) mass is 450 g/mol. The normalized spacial score (nSPS) is 15.0. The van der Waals surface area contributed by atoms with Crippen LogP contribution in [0.25, 0.3) is 0 Å². The maximum Gasteiger partial charge on any atom is 0.267 e. The first-order valence-corrected chi connectivity index (χ1v) is 10.7. The standard InChI is InChI=1S/C25H23ClN2O4/c1-16-7-10-19(11-8-16)31-14-13-28-22-12-9-18(15-23(22)32-17(2)25(28)30)27-24(29)20-5-3-4-6-21(20)26/h3-12,15,17H,13-14H2,1-2H3,(H,27,29). The molecule has 1 atom stereocenters. The second-order valence-electron chi connectivity index (χ2n) is 7.53. The van der Waals surface area contributed by atoms with E-state index in [9.17, 15) is 9.59 Å². The predicted octanol–water partition coefficient (Wildman–Crippen LogP) is 5.09. The highest BCUT2D eigenvalue weighted by molar-refractivity contribution is 6.34. The van der Waals surface area contributed by atoms with Crippen molar-refractivity contribution in [3.05, 3.63) is 82.9 Å². The van der Waals surface area contributed by atoms with Crippen LogP contribution in [0.1, 0.15) is 22.8 Å². The zero-order valence-electron chi connectivity index (χ0n) is 17.8. The summed E-state index contributed by atoms with van der Waals surface area (Å²) in [4.78, 5) is 26.9. The van der Waals surface area contributed by atoms with Crippen molar-refractivity contribution in [3.8, 4) is 11.5 Å². The average Bonchev–Trinajstić information content (AvgIpc) is 2.78. The number of halogens is 1. The van der Waals surface area contributed by atoms with Gasteiger partial charge in [0.1, 0.15) is 18.1 Å². The molecular weight excluding hydrogens is 428 g/mol. The Bertz CT molecular complexity index is 1150. The van der Waals surface area contributed by atoms with Crippen molar-refractivity contribution in [1.29, 1.82) is 0 Å². The number of fused-ring (bicyclic) bond motifs is 1. The Morgan fingerprint density at radius 3 is 2.62 bits per heavy atom. The van der Waals surface area contributed by atoms with Gasteiger partial charge in [-0.05, 0) is 50.2 Å². The van der Waals surface area contributed by atoms with Crippen LogP contribution in [-0.4, -0.2) is 31.1 Å². The summed E-state index contributed by atoms with van der Waals surface area (Å²) in [6.07, 6.45) is -0.642. The lowest BCUT2D eigenvalue weighted by Crippen LogP contribution is -2.46. The summed E-state index contributed by atoms with van der Waals surface area (Å²) in [5, 5.41) is 3.20. The second kappa shape index (κ2) is 9.32. The third kappa shape index (κ3) is 4.70. The molecule has 6 nitrogen and oxygen atoms in total. The highest BCUT2D eigenvalue weighted by atomic mass is 35.5. The van der Waals surface area contributed by atoms with E-state index < -0.39 is 6.10 Å². The average molecular weight is 451 g/mol. The van der Waals surface area contributed by atoms with E-state index in [0.29, 0.717) is 40.9 Å². The Balaban J connectivity index is 1.48. The van der Waals surface area contributed by atoms with Gasteiger partial charge < -0.3 is 19.7 Å². The molecule has 2 amide bonds. The molecule has 164 valence electrons. The number of ether oxygens (including phenoxy) is 2. The van der Waals surface area contributed by atoms with Gasteiger partial charge in [0.05, 0.1) is 22.8 Å². The number of benzene rings is 3. The molecule has 0 radical (unpaired) electrons. The zero-order chi connectivity index (χ0) is 22.7. The van der Waals surface area contributed by atoms with Crippen molar-refractivity contribution >= 4 is 34.8 Å². The number of carbonyl (C=O) groups excluding carboxylic acids is 2. The molecule has 1 N–H and O–H groups in total. The molecule has 0 saturated heterocycles. The highest BCUT2D eigenvalue weighted by Gasteiger charge is 2.31. The minimum absolute atomic E-state index is 0.141. The number of nitrogens with one attached hydrogen (secondary N) is 1. The minimum Gasteiger partial charge on any atom is -0.492 e. The summed E-state index contributed by atoms with van der Waals surface area (Å²) in [5.74, 6) is 0.809. The van der Waals surface area contributed by atoms with Crippen molar-refractivity contribution in [2.75, 3.05) is 23.4 Å². The number of hydrogen-bond donors (Lipinski definition) is 1. The smallest absolute Gasteiger partial charge is 0.267 e. The van der Waals surface area contributed by atoms with Gasteiger partial charge in [-0.1, -0.05) is 41.4 Å². The molecule has 0 fully saturated rings. The summed E-state index contributed by atoms with van der Waals surface area (Å²) >= 11 is 6.11. The van der Waals surface area contributed by atoms with Crippen LogP contribution in [-0.2, 0) is 4.79 Å². The van der Waals surface area contributed by atoms with Crippen LogP contribution in [0, 0.1) is 6.92 Å². The van der Waals surface area contributed by atoms with E-state index in [0.717, 1.165) is 11.3 Å². The van der Waals surface area contributed by atoms with Gasteiger partial charge in [0.25, 0.3) is 11.8 Å². The van der Waals surface area contributed by atoms with E-state index in [2.05, 4.69) is 5.32 Å². The van der Waals surface area contributed by atoms with Crippen LogP contribution in [0.15, 0.2) is 66.7 Å². The molecule has 7 heteroatoms. The Morgan fingerprint density at radius 1 is 1.12 bits per heavy atom. The first-order valence-electron chi connectivity index (χ1n) is 10.3. The van der Waals surface area contributed by atoms with Crippen molar-refractivity contribution in [3.63, 3.8) is 0 Å². The molecule has 1 unspecified atom stereocenters. The Labute approximate surface area is 191 Å². The van der Waals surface area contributed by atoms with Crippen LogP contribution in [0.4, 0.5) is 11.4 Å². The maximum absolute atomic E-state index is 12.7. The lowest BCUT2D eigenvalue weighted by Gasteiger charge is -2.33. The van der Waals surface area contributed by atoms with Crippen molar-refractivity contribution in [2.24, 2.45) is 0 Å². The van der Waals surface area contributed by atoms with Crippen molar-refractivity contribution in [1.82, 2.24) is 0 Å². The zero-order valence-corrected chi connectivity index (χ0v) is 18.6. The van der Waals surface area contributed by atoms with Gasteiger partial charge in [-0.15, -0.1) is 0 Å². The summed E-state index contributed by atoms with van der Waals surface area (Å²) in [6.45, 7) is 4.43. The van der Waals surface area contributed by atoms with Crippen molar-refractivity contribution in [2.45, 2.75) is 20.0 Å². The highest BCUT2D eigenvalue weighted by Crippen LogP contribution is 2.36. The van der Waals surface area contributed by atoms with Gasteiger partial charge in [-0.2, -0.15) is 0 Å². The van der Waals surface area contributed by atoms with E-state index in [1.807, 2.05) is 31.2 Å². The maximum atomic E-state index is 12.7. The predicted molar refractivity (Wildman–Crippen MR) is 125 cm³/mol. The van der Waals surface area contributed by atoms with Crippen LogP contribution in [0.5, 0.6) is 11.5 Å². The van der Waals surface area contributed by atoms with Crippen LogP contribution >= 0.6 is 11.6 Å². The Kier molecular flexibility index (Phi) is 6.32. The fraction of sp³-hybridized carbons (Fsp3) is 0.200. The lowest BCUT2D eigenvalue weighted by atomic mass is 10.1. The number of rotatable bonds is 6. The van der Waals surface area contributed by atoms with Gasteiger partial charge in [-0.3, -0.25) is 9.59 Å². The third-order valence-corrected chi connectivity index (χ3v) is 5.48. The van der Waals surface area contributed by atoms with E-state index in [4.69, 9.17) is 21.1 Å². The molecule has 3 aromatic carbocycles. The number of hydrogen-bond acceptors (Lipinski definition) is 4. The quantitative estimate of drug-likeness (QED) is 0.567. The van der Waals surface area contributed by atoms with Gasteiger partial charge >= 0.3 is 0 Å².